The first kappa shape index (κ1) is 76.2. The summed E-state index contributed by atoms with van der Waals surface area (Å²) in [5, 5.41) is 1.98. The van der Waals surface area contributed by atoms with E-state index in [4.69, 9.17) is 39.9 Å². The third kappa shape index (κ3) is 14.5. The summed E-state index contributed by atoms with van der Waals surface area (Å²) in [6.07, 6.45) is -9.65. The fourth-order valence-corrected chi connectivity index (χ4v) is 17.0. The minimum absolute atomic E-state index is 0.0386. The topological polar surface area (TPSA) is 113 Å². The maximum atomic E-state index is 14.9. The normalized spacial score (nSPS) is 11.8. The van der Waals surface area contributed by atoms with Crippen molar-refractivity contribution >= 4 is 43.6 Å². The van der Waals surface area contributed by atoms with Gasteiger partial charge in [-0.1, -0.05) is 303 Å². The summed E-state index contributed by atoms with van der Waals surface area (Å²) in [4.78, 5) is 43.4. The zero-order chi connectivity index (χ0) is 84.4. The molecule has 16 heteroatoms. The van der Waals surface area contributed by atoms with Gasteiger partial charge in [-0.3, -0.25) is 0 Å². The van der Waals surface area contributed by atoms with Crippen LogP contribution >= 0.6 is 0 Å². The average molecular weight is 1630 g/mol. The lowest BCUT2D eigenvalue weighted by atomic mass is 9.90. The van der Waals surface area contributed by atoms with E-state index in [9.17, 15) is 26.3 Å². The first-order chi connectivity index (χ1) is 61.1. The molecule has 6 aromatic heterocycles. The van der Waals surface area contributed by atoms with Gasteiger partial charge in [0, 0.05) is 93.9 Å². The summed E-state index contributed by atoms with van der Waals surface area (Å²) in [7, 11) is 0. The molecule has 0 saturated heterocycles. The molecule has 0 atom stereocenters. The summed E-state index contributed by atoms with van der Waals surface area (Å²) in [5.41, 5.74) is 20.3. The highest BCUT2D eigenvalue weighted by Gasteiger charge is 2.35. The van der Waals surface area contributed by atoms with E-state index < -0.39 is 23.5 Å². The Labute approximate surface area is 714 Å². The lowest BCUT2D eigenvalue weighted by molar-refractivity contribution is -0.138. The van der Waals surface area contributed by atoms with Crippen LogP contribution in [-0.4, -0.2) is 49.0 Å². The SMILES string of the molecule is Cc1cc(-c2c(-c3ccccc3)nc(-c3cc(-c4cc(-c5ccccc5)nc(-c5ccccc5)n4)ccc3-n3c4ccc(C(F)(F)F)cc4c4cc(C(F)(F)F)ccc43)nc2-c2ccccc2)ccc1-c1ccc2c3ccccc3n(-c3ccc(-c4cc(-c5ccccc5)nc(-c5ccccc5)n4)cc3-c3nc(-c4ccccc4)cc(-c4ccccc4)n3)c2c1. The van der Waals surface area contributed by atoms with Gasteiger partial charge >= 0.3 is 12.4 Å². The van der Waals surface area contributed by atoms with E-state index in [1.807, 2.05) is 231 Å². The van der Waals surface area contributed by atoms with Gasteiger partial charge in [0.15, 0.2) is 23.3 Å². The van der Waals surface area contributed by atoms with Crippen molar-refractivity contribution in [2.45, 2.75) is 19.3 Å². The number of hydrogen-bond donors (Lipinski definition) is 0. The van der Waals surface area contributed by atoms with E-state index in [1.54, 1.807) is 4.57 Å². The van der Waals surface area contributed by atoms with Crippen molar-refractivity contribution in [3.63, 3.8) is 0 Å². The van der Waals surface area contributed by atoms with E-state index in [-0.39, 0.29) is 27.6 Å². The predicted molar refractivity (Wildman–Crippen MR) is 488 cm³/mol. The van der Waals surface area contributed by atoms with E-state index in [2.05, 4.69) is 139 Å². The van der Waals surface area contributed by atoms with E-state index >= 15 is 0 Å². The van der Waals surface area contributed by atoms with Gasteiger partial charge in [0.2, 0.25) is 0 Å². The van der Waals surface area contributed by atoms with Crippen LogP contribution in [0.5, 0.6) is 0 Å². The zero-order valence-corrected chi connectivity index (χ0v) is 66.8. The smallest absolute Gasteiger partial charge is 0.309 e. The van der Waals surface area contributed by atoms with E-state index in [0.717, 1.165) is 147 Å². The molecule has 0 N–H and O–H groups in total. The van der Waals surface area contributed by atoms with E-state index in [0.29, 0.717) is 68.3 Å². The quantitative estimate of drug-likeness (QED) is 0.0879. The number of para-hydroxylation sites is 1. The van der Waals surface area contributed by atoms with Crippen LogP contribution < -0.4 is 0 Å². The van der Waals surface area contributed by atoms with Crippen LogP contribution in [0.4, 0.5) is 26.3 Å². The Morgan fingerprint density at radius 1 is 0.208 bits per heavy atom. The molecular formula is C109H68F6N10. The molecule has 0 unspecified atom stereocenters. The van der Waals surface area contributed by atoms with Crippen molar-refractivity contribution in [1.82, 2.24) is 49.0 Å². The number of fused-ring (bicyclic) bond motifs is 6. The molecule has 15 aromatic carbocycles. The van der Waals surface area contributed by atoms with Crippen molar-refractivity contribution in [3.8, 4) is 169 Å². The molecule has 0 fully saturated rings. The highest BCUT2D eigenvalue weighted by molar-refractivity contribution is 6.12. The second-order valence-electron chi connectivity index (χ2n) is 30.8. The van der Waals surface area contributed by atoms with Gasteiger partial charge in [-0.15, -0.1) is 0 Å². The number of alkyl halides is 6. The summed E-state index contributed by atoms with van der Waals surface area (Å²) in [6.45, 7) is 2.11. The van der Waals surface area contributed by atoms with Crippen LogP contribution in [0.2, 0.25) is 0 Å². The predicted octanol–water partition coefficient (Wildman–Crippen LogP) is 28.7. The van der Waals surface area contributed by atoms with Gasteiger partial charge in [-0.25, -0.2) is 39.9 Å². The Morgan fingerprint density at radius 3 is 0.928 bits per heavy atom. The van der Waals surface area contributed by atoms with Gasteiger partial charge in [-0.2, -0.15) is 26.3 Å². The van der Waals surface area contributed by atoms with E-state index in [1.165, 1.54) is 12.1 Å². The minimum atomic E-state index is -4.83. The molecule has 0 bridgehead atoms. The van der Waals surface area contributed by atoms with Crippen LogP contribution in [0.15, 0.2) is 394 Å². The second kappa shape index (κ2) is 31.4. The largest absolute Gasteiger partial charge is 0.416 e. The average Bonchev–Trinajstić information content (AvgIpc) is 1.60. The first-order valence-electron chi connectivity index (χ1n) is 40.8. The molecule has 0 radical (unpaired) electrons. The molecule has 21 rings (SSSR count). The van der Waals surface area contributed by atoms with Gasteiger partial charge < -0.3 is 9.13 Å². The monoisotopic (exact) mass is 1630 g/mol. The van der Waals surface area contributed by atoms with Crippen LogP contribution in [0.25, 0.3) is 213 Å². The van der Waals surface area contributed by atoms with Crippen LogP contribution in [0, 0.1) is 6.92 Å². The molecule has 596 valence electrons. The highest BCUT2D eigenvalue weighted by Crippen LogP contribution is 2.48. The van der Waals surface area contributed by atoms with Crippen LogP contribution in [-0.2, 0) is 12.4 Å². The third-order valence-corrected chi connectivity index (χ3v) is 23.0. The van der Waals surface area contributed by atoms with Crippen molar-refractivity contribution < 1.29 is 26.3 Å². The fourth-order valence-electron chi connectivity index (χ4n) is 17.0. The molecule has 0 aliphatic carbocycles. The minimum Gasteiger partial charge on any atom is -0.309 e. The molecule has 125 heavy (non-hydrogen) atoms. The molecule has 6 heterocycles. The number of aromatic nitrogens is 10. The number of hydrogen-bond acceptors (Lipinski definition) is 8. The number of nitrogens with zero attached hydrogens (tertiary/aromatic N) is 10. The zero-order valence-electron chi connectivity index (χ0n) is 66.8. The number of aryl methyl sites for hydroxylation is 1. The molecule has 10 nitrogen and oxygen atoms in total. The number of halogens is 6. The summed E-state index contributed by atoms with van der Waals surface area (Å²) >= 11 is 0. The van der Waals surface area contributed by atoms with Crippen molar-refractivity contribution in [2.75, 3.05) is 0 Å². The molecular weight excluding hydrogens is 1560 g/mol. The standard InChI is InChI=1S/C109H68F6N10/c1-67-58-79(47-52-82(67)76-46-53-84-83-44-26-27-45-95(83)125(100(84)61-76)99-55-49-77(93-65-89(68-28-10-2-11-29-68)116-104(118-93)74-40-22-8-23-41-74)59-87(99)106-120-91(70-32-14-4-15-33-70)64-92(121-106)71-34-16-5-17-35-71)101-102(72-36-18-6-19-37-72)122-107(123-103(101)73-38-20-7-21-39-73)88-60-78(94-66-90(69-30-12-3-13-31-69)117-105(119-94)75-42-24-9-25-43-75)48-54-98(88)124-96-56-50-80(108(110,111)112)62-85(96)86-63-81(109(113,114)115)51-57-97(86)124/h2-66H,1H3. The van der Waals surface area contributed by atoms with Crippen molar-refractivity contribution in [3.05, 3.63) is 411 Å². The lowest BCUT2D eigenvalue weighted by Gasteiger charge is -2.20. The highest BCUT2D eigenvalue weighted by atomic mass is 19.4. The number of rotatable bonds is 16. The third-order valence-electron chi connectivity index (χ3n) is 23.0. The Kier molecular flexibility index (Phi) is 19.2. The second-order valence-corrected chi connectivity index (χ2v) is 30.8. The molecule has 0 saturated carbocycles. The first-order valence-corrected chi connectivity index (χ1v) is 40.8. The van der Waals surface area contributed by atoms with Crippen LogP contribution in [0.1, 0.15) is 16.7 Å². The molecule has 0 aliphatic heterocycles. The molecule has 0 amide bonds. The van der Waals surface area contributed by atoms with Gasteiger partial charge in [0.25, 0.3) is 0 Å². The molecule has 0 spiro atoms. The molecule has 0 aliphatic rings. The Bertz CT molecular complexity index is 7420. The van der Waals surface area contributed by atoms with Crippen molar-refractivity contribution in [1.29, 1.82) is 0 Å². The van der Waals surface area contributed by atoms with Crippen LogP contribution in [0.3, 0.4) is 0 Å². The fraction of sp³-hybridized carbons (Fsp3) is 0.0275. The maximum Gasteiger partial charge on any atom is 0.416 e. The van der Waals surface area contributed by atoms with Gasteiger partial charge in [0.05, 0.1) is 90.1 Å². The summed E-state index contributed by atoms with van der Waals surface area (Å²) in [6, 6.07) is 125. The Balaban J connectivity index is 0.764. The number of benzene rings is 15. The maximum absolute atomic E-state index is 14.9. The van der Waals surface area contributed by atoms with Crippen molar-refractivity contribution in [2.24, 2.45) is 0 Å². The van der Waals surface area contributed by atoms with Gasteiger partial charge in [0.1, 0.15) is 0 Å². The Hall–Kier alpha value is -16.2. The Morgan fingerprint density at radius 2 is 0.528 bits per heavy atom. The molecule has 21 aromatic rings. The van der Waals surface area contributed by atoms with Gasteiger partial charge in [-0.05, 0) is 120 Å². The summed E-state index contributed by atoms with van der Waals surface area (Å²) < 4.78 is 93.5. The summed E-state index contributed by atoms with van der Waals surface area (Å²) in [5.74, 6) is 1.73. The lowest BCUT2D eigenvalue weighted by Crippen LogP contribution is -2.06.